The number of ether oxygens (including phenoxy) is 4. The molecule has 16 heteroatoms. The lowest BCUT2D eigenvalue weighted by atomic mass is 9.89. The van der Waals surface area contributed by atoms with E-state index in [4.69, 9.17) is 18.9 Å². The Hall–Kier alpha value is -2.50. The van der Waals surface area contributed by atoms with Crippen molar-refractivity contribution in [3.63, 3.8) is 0 Å². The highest BCUT2D eigenvalue weighted by atomic mass is 79.9. The smallest absolute Gasteiger partial charge is 0.407 e. The summed E-state index contributed by atoms with van der Waals surface area (Å²) in [4.78, 5) is 11.9. The van der Waals surface area contributed by atoms with Crippen LogP contribution in [0.1, 0.15) is 26.2 Å². The summed E-state index contributed by atoms with van der Waals surface area (Å²) in [6.45, 7) is 2.01. The number of carbonyl (C=O) groups excluding carboxylic acids is 1. The second-order valence-corrected chi connectivity index (χ2v) is 15.1. The standard InChI is InChI=1S/C27H34BrFN2O10S2/c1-3-38-21-8-7-18(28)13-24(21)43(36,37)31-11-9-27(10-12-31)14-20(17-40-27)41-26(33)30-15-19(32)16-39-22-5-4-6-23(25(22)29)42(2,34)35/h4-8,13,19-20,32H,3,9-12,14-17H2,1-2H3,(H,30,33)/t19-,20-/m0/s1. The third-order valence-electron chi connectivity index (χ3n) is 7.15. The number of amides is 1. The zero-order valence-corrected chi connectivity index (χ0v) is 26.8. The zero-order chi connectivity index (χ0) is 31.4. The second-order valence-electron chi connectivity index (χ2n) is 10.3. The lowest BCUT2D eigenvalue weighted by Crippen LogP contribution is -2.46. The number of rotatable bonds is 11. The van der Waals surface area contributed by atoms with Crippen LogP contribution in [0.15, 0.2) is 50.7 Å². The number of hydrogen-bond donors (Lipinski definition) is 2. The van der Waals surface area contributed by atoms with E-state index >= 15 is 0 Å². The molecular formula is C27H34BrFN2O10S2. The Bertz CT molecular complexity index is 1530. The third-order valence-corrected chi connectivity index (χ3v) is 10.7. The molecule has 238 valence electrons. The van der Waals surface area contributed by atoms with Gasteiger partial charge in [-0.05, 0) is 50.1 Å². The highest BCUT2D eigenvalue weighted by molar-refractivity contribution is 9.10. The summed E-state index contributed by atoms with van der Waals surface area (Å²) in [6, 6.07) is 8.51. The first-order chi connectivity index (χ1) is 20.2. The molecule has 2 fully saturated rings. The number of sulfone groups is 1. The number of benzene rings is 2. The molecule has 1 spiro atoms. The molecule has 0 unspecified atom stereocenters. The number of halogens is 2. The largest absolute Gasteiger partial charge is 0.492 e. The van der Waals surface area contributed by atoms with Crippen LogP contribution < -0.4 is 14.8 Å². The molecule has 0 radical (unpaired) electrons. The van der Waals surface area contributed by atoms with Crippen molar-refractivity contribution < 1.29 is 50.1 Å². The Labute approximate surface area is 258 Å². The van der Waals surface area contributed by atoms with E-state index in [1.165, 1.54) is 22.5 Å². The Kier molecular flexibility index (Phi) is 10.6. The van der Waals surface area contributed by atoms with E-state index in [9.17, 15) is 31.1 Å². The Balaban J connectivity index is 1.23. The van der Waals surface area contributed by atoms with Crippen molar-refractivity contribution >= 4 is 41.9 Å². The zero-order valence-electron chi connectivity index (χ0n) is 23.6. The number of nitrogens with zero attached hydrogens (tertiary/aromatic N) is 1. The number of piperidine rings is 1. The maximum Gasteiger partial charge on any atom is 0.407 e. The SMILES string of the molecule is CCOc1ccc(Br)cc1S(=O)(=O)N1CCC2(CC1)C[C@H](OC(=O)NC[C@H](O)COc1cccc(S(C)(=O)=O)c1F)CO2. The Morgan fingerprint density at radius 3 is 2.56 bits per heavy atom. The van der Waals surface area contributed by atoms with Crippen molar-refractivity contribution in [2.75, 3.05) is 45.7 Å². The van der Waals surface area contributed by atoms with Crippen molar-refractivity contribution in [2.24, 2.45) is 0 Å². The van der Waals surface area contributed by atoms with Crippen LogP contribution in [-0.4, -0.2) is 95.9 Å². The normalized spacial score (nSPS) is 19.6. The molecular weight excluding hydrogens is 675 g/mol. The maximum absolute atomic E-state index is 14.4. The van der Waals surface area contributed by atoms with Gasteiger partial charge < -0.3 is 29.4 Å². The van der Waals surface area contributed by atoms with E-state index in [0.29, 0.717) is 30.3 Å². The minimum Gasteiger partial charge on any atom is -0.492 e. The molecule has 0 aliphatic carbocycles. The van der Waals surface area contributed by atoms with E-state index in [-0.39, 0.29) is 42.6 Å². The fraction of sp³-hybridized carbons (Fsp3) is 0.519. The first kappa shape index (κ1) is 33.4. The van der Waals surface area contributed by atoms with E-state index < -0.39 is 61.1 Å². The van der Waals surface area contributed by atoms with Gasteiger partial charge in [-0.2, -0.15) is 4.31 Å². The van der Waals surface area contributed by atoms with Gasteiger partial charge >= 0.3 is 6.09 Å². The predicted octanol–water partition coefficient (Wildman–Crippen LogP) is 2.87. The van der Waals surface area contributed by atoms with Crippen LogP contribution in [0.5, 0.6) is 11.5 Å². The quantitative estimate of drug-likeness (QED) is 0.356. The minimum atomic E-state index is -3.82. The average Bonchev–Trinajstić information content (AvgIpc) is 3.33. The van der Waals surface area contributed by atoms with E-state index in [1.807, 2.05) is 0 Å². The fourth-order valence-corrected chi connectivity index (χ4v) is 7.85. The van der Waals surface area contributed by atoms with Gasteiger partial charge in [-0.15, -0.1) is 0 Å². The van der Waals surface area contributed by atoms with Crippen LogP contribution in [0.2, 0.25) is 0 Å². The number of hydrogen-bond acceptors (Lipinski definition) is 10. The highest BCUT2D eigenvalue weighted by Crippen LogP contribution is 2.39. The lowest BCUT2D eigenvalue weighted by molar-refractivity contribution is -0.0325. The Morgan fingerprint density at radius 1 is 1.16 bits per heavy atom. The summed E-state index contributed by atoms with van der Waals surface area (Å²) in [5.41, 5.74) is -0.630. The van der Waals surface area contributed by atoms with Crippen LogP contribution in [-0.2, 0) is 29.3 Å². The molecule has 2 N–H and O–H groups in total. The van der Waals surface area contributed by atoms with Crippen molar-refractivity contribution in [2.45, 2.75) is 53.8 Å². The molecule has 43 heavy (non-hydrogen) atoms. The van der Waals surface area contributed by atoms with Crippen LogP contribution >= 0.6 is 15.9 Å². The number of alkyl carbamates (subject to hydrolysis) is 1. The third kappa shape index (κ3) is 8.16. The van der Waals surface area contributed by atoms with E-state index in [2.05, 4.69) is 21.2 Å². The number of sulfonamides is 1. The van der Waals surface area contributed by atoms with Crippen molar-refractivity contribution in [1.82, 2.24) is 9.62 Å². The number of carbonyl (C=O) groups is 1. The molecule has 2 saturated heterocycles. The number of aliphatic hydroxyl groups is 1. The topological polar surface area (TPSA) is 158 Å². The highest BCUT2D eigenvalue weighted by Gasteiger charge is 2.46. The average molecular weight is 710 g/mol. The van der Waals surface area contributed by atoms with Crippen LogP contribution in [0.4, 0.5) is 9.18 Å². The van der Waals surface area contributed by atoms with Gasteiger partial charge in [0, 0.05) is 30.2 Å². The first-order valence-electron chi connectivity index (χ1n) is 13.5. The van der Waals surface area contributed by atoms with Gasteiger partial charge in [0.25, 0.3) is 0 Å². The summed E-state index contributed by atoms with van der Waals surface area (Å²) in [6.07, 6.45) is -0.519. The molecule has 4 rings (SSSR count). The molecule has 2 aromatic carbocycles. The van der Waals surface area contributed by atoms with Gasteiger partial charge in [0.05, 0.1) is 25.4 Å². The van der Waals surface area contributed by atoms with Gasteiger partial charge in [0.15, 0.2) is 21.4 Å². The van der Waals surface area contributed by atoms with Crippen molar-refractivity contribution in [3.05, 3.63) is 46.7 Å². The van der Waals surface area contributed by atoms with Gasteiger partial charge in [0.2, 0.25) is 10.0 Å². The molecule has 0 saturated carbocycles. The summed E-state index contributed by atoms with van der Waals surface area (Å²) < 4.78 is 88.7. The second kappa shape index (κ2) is 13.6. The lowest BCUT2D eigenvalue weighted by Gasteiger charge is -2.37. The fourth-order valence-electron chi connectivity index (χ4n) is 4.99. The van der Waals surface area contributed by atoms with Crippen LogP contribution in [0.25, 0.3) is 0 Å². The molecule has 0 bridgehead atoms. The number of nitrogens with one attached hydrogen (secondary N) is 1. The summed E-state index contributed by atoms with van der Waals surface area (Å²) in [5.74, 6) is -1.12. The summed E-state index contributed by atoms with van der Waals surface area (Å²) in [7, 11) is -7.62. The van der Waals surface area contributed by atoms with Gasteiger partial charge in [-0.1, -0.05) is 22.0 Å². The molecule has 2 aromatic rings. The number of aliphatic hydroxyl groups excluding tert-OH is 1. The first-order valence-corrected chi connectivity index (χ1v) is 17.7. The molecule has 12 nitrogen and oxygen atoms in total. The van der Waals surface area contributed by atoms with E-state index in [1.54, 1.807) is 19.1 Å². The van der Waals surface area contributed by atoms with Crippen LogP contribution in [0, 0.1) is 5.82 Å². The van der Waals surface area contributed by atoms with Crippen LogP contribution in [0.3, 0.4) is 0 Å². The van der Waals surface area contributed by atoms with Gasteiger partial charge in [0.1, 0.15) is 34.4 Å². The van der Waals surface area contributed by atoms with Gasteiger partial charge in [-0.3, -0.25) is 0 Å². The monoisotopic (exact) mass is 708 g/mol. The molecule has 0 aromatic heterocycles. The molecule has 2 aliphatic heterocycles. The van der Waals surface area contributed by atoms with Gasteiger partial charge in [-0.25, -0.2) is 26.0 Å². The van der Waals surface area contributed by atoms with Crippen molar-refractivity contribution in [3.8, 4) is 11.5 Å². The summed E-state index contributed by atoms with van der Waals surface area (Å²) >= 11 is 3.33. The molecule has 2 atom stereocenters. The van der Waals surface area contributed by atoms with Crippen molar-refractivity contribution in [1.29, 1.82) is 0 Å². The predicted molar refractivity (Wildman–Crippen MR) is 156 cm³/mol. The maximum atomic E-state index is 14.4. The molecule has 2 heterocycles. The van der Waals surface area contributed by atoms with E-state index in [0.717, 1.165) is 12.3 Å². The molecule has 2 aliphatic rings. The Morgan fingerprint density at radius 2 is 1.88 bits per heavy atom. The summed E-state index contributed by atoms with van der Waals surface area (Å²) in [5, 5.41) is 12.6. The molecule has 1 amide bonds. The minimum absolute atomic E-state index is 0.0880.